The summed E-state index contributed by atoms with van der Waals surface area (Å²) >= 11 is 7.28. The van der Waals surface area contributed by atoms with E-state index in [0.717, 1.165) is 10.4 Å². The Balaban J connectivity index is 2.56. The van der Waals surface area contributed by atoms with Crippen LogP contribution in [0.2, 0.25) is 5.02 Å². The van der Waals surface area contributed by atoms with Crippen molar-refractivity contribution < 1.29 is 5.11 Å². The molecule has 0 radical (unpaired) electrons. The second-order valence-electron chi connectivity index (χ2n) is 2.94. The van der Waals surface area contributed by atoms with Crippen molar-refractivity contribution in [2.24, 2.45) is 0 Å². The largest absolute Gasteiger partial charge is 0.506 e. The molecule has 0 saturated carbocycles. The van der Waals surface area contributed by atoms with Crippen molar-refractivity contribution >= 4 is 22.9 Å². The Morgan fingerprint density at radius 1 is 1.33 bits per heavy atom. The number of phenolic OH excluding ortho intramolecular Hbond substituents is 1. The van der Waals surface area contributed by atoms with Gasteiger partial charge >= 0.3 is 0 Å². The van der Waals surface area contributed by atoms with Crippen LogP contribution in [-0.4, -0.2) is 5.11 Å². The van der Waals surface area contributed by atoms with Gasteiger partial charge in [-0.25, -0.2) is 0 Å². The van der Waals surface area contributed by atoms with Crippen LogP contribution < -0.4 is 0 Å². The second-order valence-corrected chi connectivity index (χ2v) is 4.26. The lowest BCUT2D eigenvalue weighted by atomic mass is 10.1. The van der Waals surface area contributed by atoms with Crippen LogP contribution in [0.15, 0.2) is 29.6 Å². The van der Waals surface area contributed by atoms with Gasteiger partial charge in [0.2, 0.25) is 0 Å². The van der Waals surface area contributed by atoms with E-state index in [1.165, 1.54) is 17.4 Å². The lowest BCUT2D eigenvalue weighted by Gasteiger charge is -2.01. The quantitative estimate of drug-likeness (QED) is 0.820. The lowest BCUT2D eigenvalue weighted by molar-refractivity contribution is 0.475. The van der Waals surface area contributed by atoms with Gasteiger partial charge in [-0.2, -0.15) is 5.26 Å². The molecule has 2 aromatic rings. The number of benzene rings is 1. The topological polar surface area (TPSA) is 44.0 Å². The van der Waals surface area contributed by atoms with Gasteiger partial charge in [-0.1, -0.05) is 11.6 Å². The van der Waals surface area contributed by atoms with Crippen molar-refractivity contribution in [1.29, 1.82) is 5.26 Å². The summed E-state index contributed by atoms with van der Waals surface area (Å²) in [4.78, 5) is 0.874. The summed E-state index contributed by atoms with van der Waals surface area (Å²) in [5.41, 5.74) is 1.48. The molecule has 1 heterocycles. The van der Waals surface area contributed by atoms with Crippen molar-refractivity contribution in [3.63, 3.8) is 0 Å². The van der Waals surface area contributed by atoms with Gasteiger partial charge in [0, 0.05) is 0 Å². The predicted molar refractivity (Wildman–Crippen MR) is 61.1 cm³/mol. The Morgan fingerprint density at radius 2 is 2.13 bits per heavy atom. The Labute approximate surface area is 96.0 Å². The Morgan fingerprint density at radius 3 is 2.80 bits per heavy atom. The number of thiophene rings is 1. The summed E-state index contributed by atoms with van der Waals surface area (Å²) in [5.74, 6) is 0.0514. The van der Waals surface area contributed by atoms with Crippen molar-refractivity contribution in [2.75, 3.05) is 0 Å². The smallest absolute Gasteiger partial charge is 0.134 e. The molecule has 1 N–H and O–H groups in total. The zero-order valence-electron chi connectivity index (χ0n) is 7.57. The van der Waals surface area contributed by atoms with Crippen LogP contribution in [0, 0.1) is 11.3 Å². The van der Waals surface area contributed by atoms with Crippen LogP contribution in [0.1, 0.15) is 5.56 Å². The van der Waals surface area contributed by atoms with E-state index in [0.29, 0.717) is 10.6 Å². The molecule has 0 unspecified atom stereocenters. The highest BCUT2D eigenvalue weighted by Gasteiger charge is 2.08. The Bertz CT molecular complexity index is 542. The molecule has 0 atom stereocenters. The standard InChI is InChI=1S/C11H6ClNOS/c12-9-5-7(1-2-10(9)14)11-8(6-13)3-4-15-11/h1-5,14H. The first-order valence-corrected chi connectivity index (χ1v) is 5.44. The zero-order chi connectivity index (χ0) is 10.8. The van der Waals surface area contributed by atoms with E-state index in [2.05, 4.69) is 6.07 Å². The maximum absolute atomic E-state index is 9.27. The van der Waals surface area contributed by atoms with E-state index in [4.69, 9.17) is 16.9 Å². The fraction of sp³-hybridized carbons (Fsp3) is 0. The van der Waals surface area contributed by atoms with Crippen LogP contribution in [0.3, 0.4) is 0 Å². The Hall–Kier alpha value is -1.50. The highest BCUT2D eigenvalue weighted by Crippen LogP contribution is 2.33. The molecule has 0 aliphatic heterocycles. The van der Waals surface area contributed by atoms with E-state index in [9.17, 15) is 5.11 Å². The molecule has 0 amide bonds. The fourth-order valence-electron chi connectivity index (χ4n) is 1.27. The molecule has 74 valence electrons. The summed E-state index contributed by atoms with van der Waals surface area (Å²) < 4.78 is 0. The van der Waals surface area contributed by atoms with Gasteiger partial charge in [-0.3, -0.25) is 0 Å². The number of hydrogen-bond donors (Lipinski definition) is 1. The molecule has 1 aromatic heterocycles. The molecule has 0 spiro atoms. The summed E-state index contributed by atoms with van der Waals surface area (Å²) in [6.07, 6.45) is 0. The molecular weight excluding hydrogens is 230 g/mol. The highest BCUT2D eigenvalue weighted by molar-refractivity contribution is 7.13. The van der Waals surface area contributed by atoms with Crippen LogP contribution in [0.5, 0.6) is 5.75 Å². The number of nitriles is 1. The maximum Gasteiger partial charge on any atom is 0.134 e. The minimum Gasteiger partial charge on any atom is -0.506 e. The molecule has 15 heavy (non-hydrogen) atoms. The molecule has 0 saturated heterocycles. The van der Waals surface area contributed by atoms with Crippen LogP contribution in [0.25, 0.3) is 10.4 Å². The first-order valence-electron chi connectivity index (χ1n) is 4.19. The molecule has 0 aliphatic carbocycles. The van der Waals surface area contributed by atoms with E-state index in [1.54, 1.807) is 18.2 Å². The summed E-state index contributed by atoms with van der Waals surface area (Å²) in [6, 6.07) is 8.80. The molecule has 2 nitrogen and oxygen atoms in total. The van der Waals surface area contributed by atoms with Gasteiger partial charge in [0.25, 0.3) is 0 Å². The minimum atomic E-state index is 0.0514. The SMILES string of the molecule is N#Cc1ccsc1-c1ccc(O)c(Cl)c1. The van der Waals surface area contributed by atoms with E-state index in [1.807, 2.05) is 5.38 Å². The summed E-state index contributed by atoms with van der Waals surface area (Å²) in [6.45, 7) is 0. The van der Waals surface area contributed by atoms with Gasteiger partial charge in [0.15, 0.2) is 0 Å². The second kappa shape index (κ2) is 3.93. The van der Waals surface area contributed by atoms with Gasteiger partial charge in [0.05, 0.1) is 15.5 Å². The molecule has 0 aliphatic rings. The van der Waals surface area contributed by atoms with Crippen molar-refractivity contribution in [2.45, 2.75) is 0 Å². The molecular formula is C11H6ClNOS. The third-order valence-electron chi connectivity index (χ3n) is 2.00. The highest BCUT2D eigenvalue weighted by atomic mass is 35.5. The molecule has 0 bridgehead atoms. The molecule has 0 fully saturated rings. The molecule has 2 rings (SSSR count). The third kappa shape index (κ3) is 1.82. The molecule has 1 aromatic carbocycles. The van der Waals surface area contributed by atoms with Crippen LogP contribution in [0.4, 0.5) is 0 Å². The fourth-order valence-corrected chi connectivity index (χ4v) is 2.29. The average Bonchev–Trinajstić information content (AvgIpc) is 2.70. The van der Waals surface area contributed by atoms with Crippen LogP contribution >= 0.6 is 22.9 Å². The Kier molecular flexibility index (Phi) is 2.63. The van der Waals surface area contributed by atoms with Gasteiger partial charge in [0.1, 0.15) is 11.8 Å². The van der Waals surface area contributed by atoms with E-state index in [-0.39, 0.29) is 5.75 Å². The van der Waals surface area contributed by atoms with E-state index < -0.39 is 0 Å². The number of halogens is 1. The summed E-state index contributed by atoms with van der Waals surface area (Å²) in [5, 5.41) is 20.3. The average molecular weight is 236 g/mol. The summed E-state index contributed by atoms with van der Waals surface area (Å²) in [7, 11) is 0. The number of rotatable bonds is 1. The van der Waals surface area contributed by atoms with Crippen LogP contribution in [-0.2, 0) is 0 Å². The van der Waals surface area contributed by atoms with E-state index >= 15 is 0 Å². The number of nitrogens with zero attached hydrogens (tertiary/aromatic N) is 1. The maximum atomic E-state index is 9.27. The first-order chi connectivity index (χ1) is 7.22. The molecule has 4 heteroatoms. The normalized spacial score (nSPS) is 9.87. The lowest BCUT2D eigenvalue weighted by Crippen LogP contribution is -1.77. The van der Waals surface area contributed by atoms with Gasteiger partial charge in [-0.15, -0.1) is 11.3 Å². The van der Waals surface area contributed by atoms with Crippen molar-refractivity contribution in [3.8, 4) is 22.3 Å². The number of hydrogen-bond acceptors (Lipinski definition) is 3. The van der Waals surface area contributed by atoms with Gasteiger partial charge < -0.3 is 5.11 Å². The number of aromatic hydroxyl groups is 1. The van der Waals surface area contributed by atoms with Crippen molar-refractivity contribution in [1.82, 2.24) is 0 Å². The first kappa shape index (κ1) is 10.0. The monoisotopic (exact) mass is 235 g/mol. The number of phenols is 1. The predicted octanol–water partition coefficient (Wildman–Crippen LogP) is 3.65. The minimum absolute atomic E-state index is 0.0514. The zero-order valence-corrected chi connectivity index (χ0v) is 9.14. The third-order valence-corrected chi connectivity index (χ3v) is 3.26. The van der Waals surface area contributed by atoms with Crippen molar-refractivity contribution in [3.05, 3.63) is 40.2 Å². The van der Waals surface area contributed by atoms with Gasteiger partial charge in [-0.05, 0) is 35.2 Å².